The van der Waals surface area contributed by atoms with Crippen LogP contribution in [0.3, 0.4) is 0 Å². The Bertz CT molecular complexity index is 755. The van der Waals surface area contributed by atoms with Crippen LogP contribution in [0.4, 0.5) is 4.79 Å². The zero-order chi connectivity index (χ0) is 22.1. The molecule has 0 spiro atoms. The molecule has 0 bridgehead atoms. The van der Waals surface area contributed by atoms with E-state index in [0.717, 1.165) is 5.56 Å². The molecule has 0 saturated carbocycles. The van der Waals surface area contributed by atoms with Gasteiger partial charge in [-0.3, -0.25) is 14.5 Å². The molecule has 164 valence electrons. The number of rotatable bonds is 10. The van der Waals surface area contributed by atoms with Crippen molar-refractivity contribution in [3.63, 3.8) is 0 Å². The van der Waals surface area contributed by atoms with Crippen LogP contribution in [0, 0.1) is 0 Å². The normalized spacial score (nSPS) is 16.9. The number of hydrogen-bond acceptors (Lipinski definition) is 6. The van der Waals surface area contributed by atoms with E-state index in [1.165, 1.54) is 4.90 Å². The molecule has 1 heterocycles. The highest BCUT2D eigenvalue weighted by atomic mass is 32.2. The second-order valence-electron chi connectivity index (χ2n) is 7.48. The van der Waals surface area contributed by atoms with Crippen molar-refractivity contribution >= 4 is 34.6 Å². The first-order valence-electron chi connectivity index (χ1n) is 9.82. The van der Waals surface area contributed by atoms with Crippen LogP contribution in [0.15, 0.2) is 30.3 Å². The highest BCUT2D eigenvalue weighted by Gasteiger charge is 2.36. The van der Waals surface area contributed by atoms with Gasteiger partial charge in [0, 0.05) is 13.0 Å². The molecule has 1 fully saturated rings. The fraction of sp³-hybridized carbons (Fsp3) is 0.524. The second kappa shape index (κ2) is 11.6. The molecule has 9 heteroatoms. The quantitative estimate of drug-likeness (QED) is 0.526. The van der Waals surface area contributed by atoms with Crippen LogP contribution in [-0.4, -0.2) is 65.5 Å². The van der Waals surface area contributed by atoms with E-state index in [1.807, 2.05) is 42.8 Å². The Morgan fingerprint density at radius 3 is 2.57 bits per heavy atom. The molecule has 2 amide bonds. The van der Waals surface area contributed by atoms with Gasteiger partial charge in [0.2, 0.25) is 5.91 Å². The molecule has 2 rings (SSSR count). The van der Waals surface area contributed by atoms with Crippen molar-refractivity contribution in [3.05, 3.63) is 35.9 Å². The SMILES string of the molecule is C[S+](C)CC(=O)CCC(NC(=O)C1CCCN1C(=O)OCc1ccccc1)C(=O)[O-]. The predicted molar refractivity (Wildman–Crippen MR) is 112 cm³/mol. The van der Waals surface area contributed by atoms with Crippen LogP contribution in [-0.2, 0) is 36.6 Å². The summed E-state index contributed by atoms with van der Waals surface area (Å²) in [6, 6.07) is 7.10. The molecule has 0 aromatic heterocycles. The molecule has 1 aliphatic rings. The molecular formula is C21H28N2O6S. The van der Waals surface area contributed by atoms with E-state index < -0.39 is 30.1 Å². The van der Waals surface area contributed by atoms with E-state index in [2.05, 4.69) is 5.32 Å². The summed E-state index contributed by atoms with van der Waals surface area (Å²) < 4.78 is 5.30. The summed E-state index contributed by atoms with van der Waals surface area (Å²) in [5.74, 6) is -1.68. The van der Waals surface area contributed by atoms with Gasteiger partial charge in [0.15, 0.2) is 11.5 Å². The fourth-order valence-electron chi connectivity index (χ4n) is 3.28. The Balaban J connectivity index is 1.90. The first kappa shape index (κ1) is 23.7. The lowest BCUT2D eigenvalue weighted by Gasteiger charge is -2.26. The van der Waals surface area contributed by atoms with Gasteiger partial charge in [-0.1, -0.05) is 30.3 Å². The van der Waals surface area contributed by atoms with Gasteiger partial charge < -0.3 is 20.0 Å². The minimum absolute atomic E-state index is 0.0325. The summed E-state index contributed by atoms with van der Waals surface area (Å²) in [4.78, 5) is 49.7. The standard InChI is InChI=1S/C21H28N2O6S/c1-30(2)14-16(24)10-11-17(20(26)27)22-19(25)18-9-6-12-23(18)21(28)29-13-15-7-4-3-5-8-15/h3-5,7-8,17-18H,6,9-14H2,1-2H3,(H-,22,25,26,27). The van der Waals surface area contributed by atoms with Crippen LogP contribution in [0.2, 0.25) is 0 Å². The maximum absolute atomic E-state index is 12.6. The smallest absolute Gasteiger partial charge is 0.410 e. The number of ketones is 1. The van der Waals surface area contributed by atoms with Crippen LogP contribution < -0.4 is 10.4 Å². The Kier molecular flexibility index (Phi) is 9.16. The molecule has 30 heavy (non-hydrogen) atoms. The van der Waals surface area contributed by atoms with E-state index >= 15 is 0 Å². The van der Waals surface area contributed by atoms with E-state index in [9.17, 15) is 24.3 Å². The molecule has 1 saturated heterocycles. The summed E-state index contributed by atoms with van der Waals surface area (Å²) in [5.41, 5.74) is 0.828. The Morgan fingerprint density at radius 2 is 1.93 bits per heavy atom. The minimum atomic E-state index is -1.45. The molecule has 8 nitrogen and oxygen atoms in total. The number of nitrogens with zero attached hydrogens (tertiary/aromatic N) is 1. The number of carboxylic acid groups (broad SMARTS) is 1. The summed E-state index contributed by atoms with van der Waals surface area (Å²) in [6.45, 7) is 0.445. The van der Waals surface area contributed by atoms with E-state index in [4.69, 9.17) is 4.74 Å². The molecule has 0 aliphatic carbocycles. The van der Waals surface area contributed by atoms with Crippen molar-refractivity contribution < 1.29 is 29.0 Å². The van der Waals surface area contributed by atoms with E-state index in [1.54, 1.807) is 0 Å². The number of carboxylic acids is 1. The second-order valence-corrected chi connectivity index (χ2v) is 9.74. The molecule has 1 aromatic carbocycles. The maximum atomic E-state index is 12.6. The first-order valence-corrected chi connectivity index (χ1v) is 12.0. The highest BCUT2D eigenvalue weighted by molar-refractivity contribution is 7.96. The summed E-state index contributed by atoms with van der Waals surface area (Å²) in [7, 11) is -0.0679. The lowest BCUT2D eigenvalue weighted by atomic mass is 10.1. The van der Waals surface area contributed by atoms with Crippen LogP contribution in [0.25, 0.3) is 0 Å². The summed E-state index contributed by atoms with van der Waals surface area (Å²) >= 11 is 0. The number of hydrogen-bond donors (Lipinski definition) is 1. The van der Waals surface area contributed by atoms with Crippen LogP contribution >= 0.6 is 0 Å². The van der Waals surface area contributed by atoms with Crippen molar-refractivity contribution in [1.82, 2.24) is 10.2 Å². The number of benzene rings is 1. The summed E-state index contributed by atoms with van der Waals surface area (Å²) in [6.07, 6.45) is 4.30. The number of ether oxygens (including phenoxy) is 1. The third-order valence-corrected chi connectivity index (χ3v) is 5.66. The zero-order valence-electron chi connectivity index (χ0n) is 17.3. The average Bonchev–Trinajstić information content (AvgIpc) is 3.19. The number of amides is 2. The average molecular weight is 437 g/mol. The molecule has 1 aliphatic heterocycles. The van der Waals surface area contributed by atoms with Crippen LogP contribution in [0.1, 0.15) is 31.2 Å². The topological polar surface area (TPSA) is 116 Å². The van der Waals surface area contributed by atoms with Crippen molar-refractivity contribution in [2.75, 3.05) is 24.8 Å². The van der Waals surface area contributed by atoms with Crippen molar-refractivity contribution in [2.24, 2.45) is 0 Å². The van der Waals surface area contributed by atoms with Gasteiger partial charge in [-0.05, 0) is 35.7 Å². The highest BCUT2D eigenvalue weighted by Crippen LogP contribution is 2.19. The molecular weight excluding hydrogens is 408 g/mol. The molecule has 1 aromatic rings. The molecule has 1 N–H and O–H groups in total. The van der Waals surface area contributed by atoms with Gasteiger partial charge in [0.05, 0.1) is 24.5 Å². The van der Waals surface area contributed by atoms with Crippen molar-refractivity contribution in [2.45, 2.75) is 44.4 Å². The maximum Gasteiger partial charge on any atom is 0.410 e. The van der Waals surface area contributed by atoms with E-state index in [-0.39, 0.29) is 36.1 Å². The minimum Gasteiger partial charge on any atom is -0.548 e. The fourth-order valence-corrected chi connectivity index (χ4v) is 4.06. The largest absolute Gasteiger partial charge is 0.548 e. The van der Waals surface area contributed by atoms with Crippen molar-refractivity contribution in [1.29, 1.82) is 0 Å². The summed E-state index contributed by atoms with van der Waals surface area (Å²) in [5, 5.41) is 13.8. The van der Waals surface area contributed by atoms with E-state index in [0.29, 0.717) is 25.1 Å². The van der Waals surface area contributed by atoms with Gasteiger partial charge in [-0.15, -0.1) is 0 Å². The first-order chi connectivity index (χ1) is 14.3. The molecule has 2 atom stereocenters. The Labute approximate surface area is 179 Å². The van der Waals surface area contributed by atoms with Gasteiger partial charge in [0.25, 0.3) is 0 Å². The number of aliphatic carboxylic acids is 1. The monoisotopic (exact) mass is 436 g/mol. The number of carbonyl (C=O) groups excluding carboxylic acids is 4. The van der Waals surface area contributed by atoms with Gasteiger partial charge in [0.1, 0.15) is 12.6 Å². The van der Waals surface area contributed by atoms with Gasteiger partial charge in [-0.2, -0.15) is 0 Å². The van der Waals surface area contributed by atoms with Crippen LogP contribution in [0.5, 0.6) is 0 Å². The third-order valence-electron chi connectivity index (χ3n) is 4.76. The Hall–Kier alpha value is -2.55. The van der Waals surface area contributed by atoms with Crippen molar-refractivity contribution in [3.8, 4) is 0 Å². The van der Waals surface area contributed by atoms with Gasteiger partial charge in [-0.25, -0.2) is 4.79 Å². The number of Topliss-reactive ketones (excluding diaryl/α,β-unsaturated/α-hetero) is 1. The number of likely N-dealkylation sites (tertiary alicyclic amines) is 1. The molecule has 0 radical (unpaired) electrons. The Morgan fingerprint density at radius 1 is 1.23 bits per heavy atom. The third kappa shape index (κ3) is 7.37. The number of carbonyl (C=O) groups is 4. The molecule has 2 unspecified atom stereocenters. The lowest BCUT2D eigenvalue weighted by molar-refractivity contribution is -0.308. The zero-order valence-corrected chi connectivity index (χ0v) is 18.1. The predicted octanol–water partition coefficient (Wildman–Crippen LogP) is 0.250. The van der Waals surface area contributed by atoms with Gasteiger partial charge >= 0.3 is 6.09 Å². The number of nitrogens with one attached hydrogen (secondary N) is 1. The lowest BCUT2D eigenvalue weighted by Crippen LogP contribution is -2.54.